The smallest absolute Gasteiger partial charge is 0.246 e. The Labute approximate surface area is 104 Å². The van der Waals surface area contributed by atoms with Crippen molar-refractivity contribution in [2.75, 3.05) is 5.32 Å². The molecule has 1 amide bonds. The van der Waals surface area contributed by atoms with Crippen LogP contribution in [0.25, 0.3) is 0 Å². The predicted octanol–water partition coefficient (Wildman–Crippen LogP) is 1.21. The van der Waals surface area contributed by atoms with Crippen LogP contribution in [0.2, 0.25) is 0 Å². The van der Waals surface area contributed by atoms with Crippen molar-refractivity contribution in [2.24, 2.45) is 0 Å². The Morgan fingerprint density at radius 3 is 3.06 bits per heavy atom. The highest BCUT2D eigenvalue weighted by atomic mass is 79.9. The molecule has 2 rings (SSSR count). The van der Waals surface area contributed by atoms with E-state index in [0.717, 1.165) is 0 Å². The average molecular weight is 300 g/mol. The minimum Gasteiger partial charge on any atom is -0.323 e. The van der Waals surface area contributed by atoms with E-state index in [9.17, 15) is 9.18 Å². The normalized spacial score (nSPS) is 10.2. The fourth-order valence-corrected chi connectivity index (χ4v) is 1.53. The highest BCUT2D eigenvalue weighted by Gasteiger charge is 2.08. The molecule has 1 aromatic carbocycles. The molecule has 8 heteroatoms. The fraction of sp³-hybridized carbons (Fsp3) is 0.111. The summed E-state index contributed by atoms with van der Waals surface area (Å²) in [5.41, 5.74) is 0.364. The lowest BCUT2D eigenvalue weighted by atomic mass is 10.3. The maximum atomic E-state index is 13.0. The lowest BCUT2D eigenvalue weighted by Crippen LogP contribution is -2.19. The summed E-state index contributed by atoms with van der Waals surface area (Å²) in [5, 5.41) is 12.9. The molecule has 0 fully saturated rings. The van der Waals surface area contributed by atoms with E-state index in [0.29, 0.717) is 10.2 Å². The molecule has 1 N–H and O–H groups in total. The third-order valence-electron chi connectivity index (χ3n) is 1.90. The number of benzene rings is 1. The summed E-state index contributed by atoms with van der Waals surface area (Å²) in [6.45, 7) is -0.0318. The zero-order valence-electron chi connectivity index (χ0n) is 8.47. The van der Waals surface area contributed by atoms with Crippen LogP contribution in [0.5, 0.6) is 0 Å². The second-order valence-corrected chi connectivity index (χ2v) is 4.03. The lowest BCUT2D eigenvalue weighted by Gasteiger charge is -2.06. The van der Waals surface area contributed by atoms with E-state index >= 15 is 0 Å². The van der Waals surface area contributed by atoms with Gasteiger partial charge in [0.2, 0.25) is 5.91 Å². The Balaban J connectivity index is 2.05. The second kappa shape index (κ2) is 5.00. The number of halogens is 2. The van der Waals surface area contributed by atoms with E-state index in [1.54, 1.807) is 0 Å². The molecule has 88 valence electrons. The van der Waals surface area contributed by atoms with Gasteiger partial charge in [-0.25, -0.2) is 9.07 Å². The van der Waals surface area contributed by atoms with Crippen molar-refractivity contribution in [3.63, 3.8) is 0 Å². The van der Waals surface area contributed by atoms with Crippen LogP contribution in [0.15, 0.2) is 29.0 Å². The molecule has 6 nitrogen and oxygen atoms in total. The number of hydrogen-bond acceptors (Lipinski definition) is 4. The molecule has 0 unspecified atom stereocenters. The van der Waals surface area contributed by atoms with Gasteiger partial charge in [0.25, 0.3) is 0 Å². The number of carbonyl (C=O) groups is 1. The van der Waals surface area contributed by atoms with Gasteiger partial charge in [-0.2, -0.15) is 0 Å². The first-order chi connectivity index (χ1) is 8.15. The van der Waals surface area contributed by atoms with Gasteiger partial charge in [-0.1, -0.05) is 0 Å². The average Bonchev–Trinajstić information content (AvgIpc) is 2.76. The largest absolute Gasteiger partial charge is 0.323 e. The molecule has 0 radical (unpaired) electrons. The number of hydrogen-bond donors (Lipinski definition) is 1. The monoisotopic (exact) mass is 299 g/mol. The molecule has 0 aliphatic heterocycles. The molecule has 2 aromatic rings. The third-order valence-corrected chi connectivity index (χ3v) is 2.59. The van der Waals surface area contributed by atoms with Crippen molar-refractivity contribution in [3.8, 4) is 0 Å². The molecule has 0 aliphatic carbocycles. The third kappa shape index (κ3) is 3.06. The van der Waals surface area contributed by atoms with E-state index in [1.165, 1.54) is 29.2 Å². The van der Waals surface area contributed by atoms with Crippen molar-refractivity contribution in [2.45, 2.75) is 6.54 Å². The number of tetrazole rings is 1. The summed E-state index contributed by atoms with van der Waals surface area (Å²) in [7, 11) is 0. The molecular weight excluding hydrogens is 293 g/mol. The van der Waals surface area contributed by atoms with Gasteiger partial charge in [-0.05, 0) is 44.6 Å². The van der Waals surface area contributed by atoms with Crippen LogP contribution in [0, 0.1) is 5.82 Å². The molecule has 1 aromatic heterocycles. The van der Waals surface area contributed by atoms with Crippen molar-refractivity contribution < 1.29 is 9.18 Å². The number of amides is 1. The van der Waals surface area contributed by atoms with Gasteiger partial charge in [-0.15, -0.1) is 5.10 Å². The van der Waals surface area contributed by atoms with Crippen LogP contribution in [0.3, 0.4) is 0 Å². The Hall–Kier alpha value is -1.83. The number of nitrogens with zero attached hydrogens (tertiary/aromatic N) is 4. The van der Waals surface area contributed by atoms with Crippen LogP contribution in [0.1, 0.15) is 0 Å². The van der Waals surface area contributed by atoms with Crippen LogP contribution >= 0.6 is 15.9 Å². The Morgan fingerprint density at radius 2 is 2.35 bits per heavy atom. The van der Waals surface area contributed by atoms with Crippen molar-refractivity contribution in [3.05, 3.63) is 34.8 Å². The Kier molecular flexibility index (Phi) is 3.43. The lowest BCUT2D eigenvalue weighted by molar-refractivity contribution is -0.116. The fourth-order valence-electron chi connectivity index (χ4n) is 1.18. The summed E-state index contributed by atoms with van der Waals surface area (Å²) >= 11 is 3.21. The number of aromatic nitrogens is 4. The number of rotatable bonds is 3. The van der Waals surface area contributed by atoms with Crippen molar-refractivity contribution in [1.29, 1.82) is 0 Å². The standard InChI is InChI=1S/C9H7BrFN5O/c10-7-2-1-6(11)3-8(7)13-9(17)4-16-5-12-14-15-16/h1-3,5H,4H2,(H,13,17). The topological polar surface area (TPSA) is 72.7 Å². The predicted molar refractivity (Wildman–Crippen MR) is 60.5 cm³/mol. The molecular formula is C9H7BrFN5O. The van der Waals surface area contributed by atoms with Gasteiger partial charge >= 0.3 is 0 Å². The quantitative estimate of drug-likeness (QED) is 0.925. The summed E-state index contributed by atoms with van der Waals surface area (Å²) < 4.78 is 14.8. The number of anilines is 1. The van der Waals surface area contributed by atoms with Crippen molar-refractivity contribution in [1.82, 2.24) is 20.2 Å². The van der Waals surface area contributed by atoms with Gasteiger partial charge < -0.3 is 5.32 Å². The number of carbonyl (C=O) groups excluding carboxylic acids is 1. The van der Waals surface area contributed by atoms with Gasteiger partial charge in [0, 0.05) is 4.47 Å². The van der Waals surface area contributed by atoms with Gasteiger partial charge in [0.05, 0.1) is 5.69 Å². The zero-order chi connectivity index (χ0) is 12.3. The maximum Gasteiger partial charge on any atom is 0.246 e. The SMILES string of the molecule is O=C(Cn1cnnn1)Nc1cc(F)ccc1Br. The van der Waals surface area contributed by atoms with Gasteiger partial charge in [-0.3, -0.25) is 4.79 Å². The Bertz CT molecular complexity index is 530. The first-order valence-corrected chi connectivity index (χ1v) is 5.40. The van der Waals surface area contributed by atoms with E-state index < -0.39 is 5.82 Å². The van der Waals surface area contributed by atoms with Crippen LogP contribution in [-0.2, 0) is 11.3 Å². The highest BCUT2D eigenvalue weighted by Crippen LogP contribution is 2.22. The first kappa shape index (κ1) is 11.6. The molecule has 0 bridgehead atoms. The summed E-state index contributed by atoms with van der Waals surface area (Å²) in [6, 6.07) is 4.03. The van der Waals surface area contributed by atoms with Crippen LogP contribution in [-0.4, -0.2) is 26.1 Å². The van der Waals surface area contributed by atoms with E-state index in [-0.39, 0.29) is 12.5 Å². The molecule has 0 saturated heterocycles. The van der Waals surface area contributed by atoms with Crippen LogP contribution in [0.4, 0.5) is 10.1 Å². The molecule has 17 heavy (non-hydrogen) atoms. The maximum absolute atomic E-state index is 13.0. The first-order valence-electron chi connectivity index (χ1n) is 4.61. The number of nitrogens with one attached hydrogen (secondary N) is 1. The molecule has 1 heterocycles. The zero-order valence-corrected chi connectivity index (χ0v) is 10.1. The molecule has 0 atom stereocenters. The molecule has 0 aliphatic rings. The minimum atomic E-state index is -0.425. The highest BCUT2D eigenvalue weighted by molar-refractivity contribution is 9.10. The Morgan fingerprint density at radius 1 is 1.53 bits per heavy atom. The van der Waals surface area contributed by atoms with Crippen molar-refractivity contribution >= 4 is 27.5 Å². The van der Waals surface area contributed by atoms with Gasteiger partial charge in [0.15, 0.2) is 0 Å². The summed E-state index contributed by atoms with van der Waals surface area (Å²) in [5.74, 6) is -0.769. The second-order valence-electron chi connectivity index (χ2n) is 3.18. The van der Waals surface area contributed by atoms with E-state index in [4.69, 9.17) is 0 Å². The van der Waals surface area contributed by atoms with E-state index in [2.05, 4.69) is 36.8 Å². The van der Waals surface area contributed by atoms with Crippen LogP contribution < -0.4 is 5.32 Å². The van der Waals surface area contributed by atoms with E-state index in [1.807, 2.05) is 0 Å². The molecule has 0 saturated carbocycles. The summed E-state index contributed by atoms with van der Waals surface area (Å²) in [6.07, 6.45) is 1.32. The summed E-state index contributed by atoms with van der Waals surface area (Å²) in [4.78, 5) is 11.6. The minimum absolute atomic E-state index is 0.0318. The van der Waals surface area contributed by atoms with Gasteiger partial charge in [0.1, 0.15) is 18.7 Å². The molecule has 0 spiro atoms.